The van der Waals surface area contributed by atoms with Gasteiger partial charge in [-0.25, -0.2) is 9.50 Å². The number of hydrogen-bond donors (Lipinski definition) is 1. The van der Waals surface area contributed by atoms with Crippen molar-refractivity contribution < 1.29 is 4.79 Å². The standard InChI is InChI=1S/C18H18N4O/c1-18(2,3)17-16(14-6-7-19-10-22(14)21-17)11-4-5-13-12(8-11)9-15(23)20-13/h4-8,10H,9H2,1-3H3,(H,20,23). The van der Waals surface area contributed by atoms with Gasteiger partial charge in [-0.2, -0.15) is 5.10 Å². The SMILES string of the molecule is CC(C)(C)c1nn2cnccc2c1-c1ccc2c(c1)CC(=O)N2. The number of nitrogens with zero attached hydrogens (tertiary/aromatic N) is 3. The Labute approximate surface area is 134 Å². The Morgan fingerprint density at radius 2 is 2.04 bits per heavy atom. The van der Waals surface area contributed by atoms with Crippen molar-refractivity contribution in [3.8, 4) is 11.1 Å². The van der Waals surface area contributed by atoms with Crippen molar-refractivity contribution in [2.24, 2.45) is 0 Å². The van der Waals surface area contributed by atoms with Gasteiger partial charge < -0.3 is 5.32 Å². The average Bonchev–Trinajstić information content (AvgIpc) is 3.05. The summed E-state index contributed by atoms with van der Waals surface area (Å²) < 4.78 is 1.83. The number of anilines is 1. The lowest BCUT2D eigenvalue weighted by Gasteiger charge is -2.18. The molecular formula is C18H18N4O. The summed E-state index contributed by atoms with van der Waals surface area (Å²) in [5, 5.41) is 7.62. The van der Waals surface area contributed by atoms with Crippen molar-refractivity contribution in [3.05, 3.63) is 48.0 Å². The second-order valence-corrected chi connectivity index (χ2v) is 6.98. The van der Waals surface area contributed by atoms with E-state index in [0.717, 1.165) is 33.6 Å². The van der Waals surface area contributed by atoms with E-state index in [2.05, 4.69) is 43.2 Å². The number of nitrogens with one attached hydrogen (secondary N) is 1. The average molecular weight is 306 g/mol. The first-order valence-electron chi connectivity index (χ1n) is 7.69. The van der Waals surface area contributed by atoms with Gasteiger partial charge in [-0.05, 0) is 29.3 Å². The van der Waals surface area contributed by atoms with Gasteiger partial charge in [-0.3, -0.25) is 4.79 Å². The molecule has 1 amide bonds. The molecule has 1 aromatic carbocycles. The third-order valence-corrected chi connectivity index (χ3v) is 4.17. The Kier molecular flexibility index (Phi) is 2.82. The summed E-state index contributed by atoms with van der Waals surface area (Å²) in [5.41, 5.74) is 6.13. The second kappa shape index (κ2) is 4.65. The van der Waals surface area contributed by atoms with E-state index in [0.29, 0.717) is 6.42 Å². The highest BCUT2D eigenvalue weighted by molar-refractivity contribution is 6.00. The lowest BCUT2D eigenvalue weighted by atomic mass is 9.86. The van der Waals surface area contributed by atoms with E-state index >= 15 is 0 Å². The van der Waals surface area contributed by atoms with Crippen molar-refractivity contribution in [1.82, 2.24) is 14.6 Å². The van der Waals surface area contributed by atoms with E-state index < -0.39 is 0 Å². The number of aromatic nitrogens is 3. The monoisotopic (exact) mass is 306 g/mol. The molecule has 2 aromatic heterocycles. The molecule has 0 saturated carbocycles. The molecule has 0 fully saturated rings. The molecule has 0 saturated heterocycles. The van der Waals surface area contributed by atoms with Crippen LogP contribution in [0.5, 0.6) is 0 Å². The van der Waals surface area contributed by atoms with E-state index in [1.807, 2.05) is 16.6 Å². The third kappa shape index (κ3) is 2.20. The van der Waals surface area contributed by atoms with Crippen LogP contribution in [-0.2, 0) is 16.6 Å². The van der Waals surface area contributed by atoms with Gasteiger partial charge in [0.2, 0.25) is 5.91 Å². The maximum absolute atomic E-state index is 11.6. The van der Waals surface area contributed by atoms with Gasteiger partial charge >= 0.3 is 0 Å². The molecule has 23 heavy (non-hydrogen) atoms. The summed E-state index contributed by atoms with van der Waals surface area (Å²) in [6, 6.07) is 8.11. The first kappa shape index (κ1) is 13.9. The number of carbonyl (C=O) groups excluding carboxylic acids is 1. The van der Waals surface area contributed by atoms with Crippen LogP contribution in [0.3, 0.4) is 0 Å². The van der Waals surface area contributed by atoms with Crippen molar-refractivity contribution in [1.29, 1.82) is 0 Å². The Morgan fingerprint density at radius 1 is 1.22 bits per heavy atom. The van der Waals surface area contributed by atoms with Gasteiger partial charge in [-0.15, -0.1) is 0 Å². The molecule has 0 unspecified atom stereocenters. The zero-order valence-electron chi connectivity index (χ0n) is 13.4. The first-order chi connectivity index (χ1) is 10.9. The Morgan fingerprint density at radius 3 is 2.83 bits per heavy atom. The molecule has 0 spiro atoms. The predicted molar refractivity (Wildman–Crippen MR) is 89.5 cm³/mol. The first-order valence-corrected chi connectivity index (χ1v) is 7.69. The van der Waals surface area contributed by atoms with Crippen LogP contribution in [0.25, 0.3) is 16.6 Å². The second-order valence-electron chi connectivity index (χ2n) is 6.98. The molecular weight excluding hydrogens is 288 g/mol. The maximum Gasteiger partial charge on any atom is 0.228 e. The number of benzene rings is 1. The minimum absolute atomic E-state index is 0.0530. The summed E-state index contributed by atoms with van der Waals surface area (Å²) in [6.45, 7) is 6.47. The van der Waals surface area contributed by atoms with Crippen LogP contribution in [0.2, 0.25) is 0 Å². The van der Waals surface area contributed by atoms with Crippen LogP contribution in [0, 0.1) is 0 Å². The zero-order valence-corrected chi connectivity index (χ0v) is 13.4. The largest absolute Gasteiger partial charge is 0.326 e. The number of amides is 1. The van der Waals surface area contributed by atoms with E-state index in [1.165, 1.54) is 0 Å². The lowest BCUT2D eigenvalue weighted by Crippen LogP contribution is -2.13. The van der Waals surface area contributed by atoms with Crippen molar-refractivity contribution in [2.45, 2.75) is 32.6 Å². The summed E-state index contributed by atoms with van der Waals surface area (Å²) in [4.78, 5) is 15.8. The van der Waals surface area contributed by atoms with Crippen molar-refractivity contribution in [2.75, 3.05) is 5.32 Å². The third-order valence-electron chi connectivity index (χ3n) is 4.17. The predicted octanol–water partition coefficient (Wildman–Crippen LogP) is 3.19. The van der Waals surface area contributed by atoms with Crippen LogP contribution in [0.15, 0.2) is 36.8 Å². The summed E-state index contributed by atoms with van der Waals surface area (Å²) in [7, 11) is 0. The molecule has 1 aliphatic heterocycles. The topological polar surface area (TPSA) is 59.3 Å². The number of fused-ring (bicyclic) bond motifs is 2. The zero-order chi connectivity index (χ0) is 16.2. The number of rotatable bonds is 1. The van der Waals surface area contributed by atoms with Gasteiger partial charge in [0.1, 0.15) is 6.33 Å². The van der Waals surface area contributed by atoms with E-state index in [-0.39, 0.29) is 11.3 Å². The molecule has 1 N–H and O–H groups in total. The minimum atomic E-state index is -0.0889. The van der Waals surface area contributed by atoms with E-state index in [1.54, 1.807) is 12.5 Å². The molecule has 0 radical (unpaired) electrons. The van der Waals surface area contributed by atoms with Crippen LogP contribution >= 0.6 is 0 Å². The molecule has 0 bridgehead atoms. The van der Waals surface area contributed by atoms with E-state index in [9.17, 15) is 4.79 Å². The van der Waals surface area contributed by atoms with Crippen LogP contribution < -0.4 is 5.32 Å². The molecule has 3 aromatic rings. The molecule has 4 rings (SSSR count). The highest BCUT2D eigenvalue weighted by atomic mass is 16.1. The molecule has 0 aliphatic carbocycles. The van der Waals surface area contributed by atoms with Crippen LogP contribution in [-0.4, -0.2) is 20.5 Å². The molecule has 116 valence electrons. The lowest BCUT2D eigenvalue weighted by molar-refractivity contribution is -0.115. The fourth-order valence-electron chi connectivity index (χ4n) is 3.10. The smallest absolute Gasteiger partial charge is 0.228 e. The molecule has 3 heterocycles. The summed E-state index contributed by atoms with van der Waals surface area (Å²) in [5.74, 6) is 0.0530. The Hall–Kier alpha value is -2.69. The van der Waals surface area contributed by atoms with Gasteiger partial charge in [-0.1, -0.05) is 26.8 Å². The maximum atomic E-state index is 11.6. The summed E-state index contributed by atoms with van der Waals surface area (Å²) >= 11 is 0. The Bertz CT molecular complexity index is 934. The minimum Gasteiger partial charge on any atom is -0.326 e. The van der Waals surface area contributed by atoms with Gasteiger partial charge in [0, 0.05) is 22.9 Å². The fourth-order valence-corrected chi connectivity index (χ4v) is 3.10. The van der Waals surface area contributed by atoms with Crippen LogP contribution in [0.4, 0.5) is 5.69 Å². The fraction of sp³-hybridized carbons (Fsp3) is 0.278. The van der Waals surface area contributed by atoms with Crippen molar-refractivity contribution >= 4 is 17.1 Å². The van der Waals surface area contributed by atoms with Gasteiger partial charge in [0.05, 0.1) is 17.6 Å². The van der Waals surface area contributed by atoms with Gasteiger partial charge in [0.15, 0.2) is 0 Å². The molecule has 1 aliphatic rings. The van der Waals surface area contributed by atoms with Crippen LogP contribution in [0.1, 0.15) is 32.0 Å². The number of carbonyl (C=O) groups is 1. The summed E-state index contributed by atoms with van der Waals surface area (Å²) in [6.07, 6.45) is 3.95. The highest BCUT2D eigenvalue weighted by Gasteiger charge is 2.26. The highest BCUT2D eigenvalue weighted by Crippen LogP contribution is 2.37. The Balaban J connectivity index is 1.98. The van der Waals surface area contributed by atoms with E-state index in [4.69, 9.17) is 5.10 Å². The molecule has 5 heteroatoms. The van der Waals surface area contributed by atoms with Crippen molar-refractivity contribution in [3.63, 3.8) is 0 Å². The number of hydrogen-bond acceptors (Lipinski definition) is 3. The molecule has 5 nitrogen and oxygen atoms in total. The molecule has 0 atom stereocenters. The van der Waals surface area contributed by atoms with Gasteiger partial charge in [0.25, 0.3) is 0 Å². The normalized spacial score (nSPS) is 14.1. The quantitative estimate of drug-likeness (QED) is 0.751.